The van der Waals surface area contributed by atoms with Gasteiger partial charge in [0, 0.05) is 6.54 Å². The van der Waals surface area contributed by atoms with Gasteiger partial charge < -0.3 is 15.2 Å². The van der Waals surface area contributed by atoms with Crippen LogP contribution in [-0.2, 0) is 11.3 Å². The lowest BCUT2D eigenvalue weighted by atomic mass is 10.1. The van der Waals surface area contributed by atoms with Crippen LogP contribution >= 0.6 is 0 Å². The van der Waals surface area contributed by atoms with Gasteiger partial charge in [-0.15, -0.1) is 0 Å². The summed E-state index contributed by atoms with van der Waals surface area (Å²) < 4.78 is 5.14. The molecule has 4 nitrogen and oxygen atoms in total. The van der Waals surface area contributed by atoms with E-state index in [0.717, 1.165) is 5.56 Å². The molecule has 0 amide bonds. The quantitative estimate of drug-likeness (QED) is 0.771. The predicted molar refractivity (Wildman–Crippen MR) is 58.6 cm³/mol. The minimum absolute atomic E-state index is 0.00857. The first-order chi connectivity index (χ1) is 7.79. The summed E-state index contributed by atoms with van der Waals surface area (Å²) in [6.45, 7) is 1.58. The van der Waals surface area contributed by atoms with Gasteiger partial charge in [-0.25, -0.2) is 0 Å². The molecule has 0 saturated carbocycles. The maximum atomic E-state index is 9.53. The number of nitrogens with zero attached hydrogens (tertiary/aromatic N) is 1. The van der Waals surface area contributed by atoms with Crippen LogP contribution in [0.3, 0.4) is 0 Å². The number of ether oxygens (including phenoxy) is 1. The number of hydrogen-bond acceptors (Lipinski definition) is 4. The molecule has 84 valence electrons. The second kappa shape index (κ2) is 5.08. The van der Waals surface area contributed by atoms with E-state index in [9.17, 15) is 5.11 Å². The summed E-state index contributed by atoms with van der Waals surface area (Å²) in [6, 6.07) is 9.52. The molecule has 1 aliphatic rings. The van der Waals surface area contributed by atoms with Gasteiger partial charge in [0.05, 0.1) is 37.0 Å². The Kier molecular flexibility index (Phi) is 3.52. The fourth-order valence-electron chi connectivity index (χ4n) is 1.74. The third kappa shape index (κ3) is 2.58. The molecule has 2 N–H and O–H groups in total. The summed E-state index contributed by atoms with van der Waals surface area (Å²) in [5.41, 5.74) is 1.70. The highest BCUT2D eigenvalue weighted by atomic mass is 16.5. The summed E-state index contributed by atoms with van der Waals surface area (Å²) in [7, 11) is 0. The first kappa shape index (κ1) is 11.1. The van der Waals surface area contributed by atoms with Gasteiger partial charge in [0.2, 0.25) is 0 Å². The summed E-state index contributed by atoms with van der Waals surface area (Å²) >= 11 is 0. The molecule has 16 heavy (non-hydrogen) atoms. The van der Waals surface area contributed by atoms with Crippen LogP contribution in [0.1, 0.15) is 11.1 Å². The van der Waals surface area contributed by atoms with Crippen molar-refractivity contribution in [3.63, 3.8) is 0 Å². The Hall–Kier alpha value is -1.41. The minimum Gasteiger partial charge on any atom is -0.389 e. The van der Waals surface area contributed by atoms with Crippen LogP contribution in [0.5, 0.6) is 0 Å². The number of nitriles is 1. The smallest absolute Gasteiger partial charge is 0.0991 e. The molecule has 1 saturated heterocycles. The minimum atomic E-state index is -0.431. The summed E-state index contributed by atoms with van der Waals surface area (Å²) in [4.78, 5) is 0. The topological polar surface area (TPSA) is 65.3 Å². The van der Waals surface area contributed by atoms with Gasteiger partial charge in [-0.2, -0.15) is 5.26 Å². The fraction of sp³-hybridized carbons (Fsp3) is 0.417. The molecule has 1 aromatic rings. The number of benzene rings is 1. The zero-order valence-corrected chi connectivity index (χ0v) is 8.89. The third-order valence-electron chi connectivity index (χ3n) is 2.67. The number of rotatable bonds is 3. The molecule has 2 rings (SSSR count). The Morgan fingerprint density at radius 1 is 1.50 bits per heavy atom. The van der Waals surface area contributed by atoms with E-state index in [1.165, 1.54) is 0 Å². The second-order valence-electron chi connectivity index (χ2n) is 3.90. The number of aliphatic hydroxyl groups excluding tert-OH is 1. The lowest BCUT2D eigenvalue weighted by Crippen LogP contribution is -2.38. The number of nitrogens with one attached hydrogen (secondary N) is 1. The highest BCUT2D eigenvalue weighted by molar-refractivity contribution is 5.32. The molecule has 2 unspecified atom stereocenters. The van der Waals surface area contributed by atoms with E-state index < -0.39 is 6.10 Å². The van der Waals surface area contributed by atoms with Crippen LogP contribution in [0.4, 0.5) is 0 Å². The van der Waals surface area contributed by atoms with Crippen LogP contribution in [0.15, 0.2) is 24.3 Å². The molecule has 0 spiro atoms. The molecule has 0 aliphatic carbocycles. The van der Waals surface area contributed by atoms with E-state index in [0.29, 0.717) is 25.3 Å². The Morgan fingerprint density at radius 2 is 2.38 bits per heavy atom. The summed E-state index contributed by atoms with van der Waals surface area (Å²) in [5.74, 6) is 0. The van der Waals surface area contributed by atoms with Crippen molar-refractivity contribution in [2.75, 3.05) is 13.2 Å². The maximum Gasteiger partial charge on any atom is 0.0991 e. The van der Waals surface area contributed by atoms with Crippen molar-refractivity contribution in [1.29, 1.82) is 5.26 Å². The van der Waals surface area contributed by atoms with Crippen molar-refractivity contribution in [3.05, 3.63) is 35.4 Å². The van der Waals surface area contributed by atoms with Gasteiger partial charge in [-0.05, 0) is 17.7 Å². The monoisotopic (exact) mass is 218 g/mol. The summed E-state index contributed by atoms with van der Waals surface area (Å²) in [6.07, 6.45) is -0.431. The van der Waals surface area contributed by atoms with Crippen molar-refractivity contribution in [3.8, 4) is 6.07 Å². The average molecular weight is 218 g/mol. The molecule has 0 aromatic heterocycles. The van der Waals surface area contributed by atoms with Gasteiger partial charge in [-0.3, -0.25) is 0 Å². The van der Waals surface area contributed by atoms with Crippen molar-refractivity contribution in [2.24, 2.45) is 0 Å². The SMILES string of the molecule is N#Cc1cccc(CNC2COCC2O)c1. The lowest BCUT2D eigenvalue weighted by Gasteiger charge is -2.14. The Bertz CT molecular complexity index is 400. The Balaban J connectivity index is 1.92. The summed E-state index contributed by atoms with van der Waals surface area (Å²) in [5, 5.41) is 21.5. The molecule has 0 radical (unpaired) electrons. The Morgan fingerprint density at radius 3 is 3.06 bits per heavy atom. The first-order valence-corrected chi connectivity index (χ1v) is 5.28. The Labute approximate surface area is 94.5 Å². The lowest BCUT2D eigenvalue weighted by molar-refractivity contribution is 0.122. The number of hydrogen-bond donors (Lipinski definition) is 2. The molecular weight excluding hydrogens is 204 g/mol. The van der Waals surface area contributed by atoms with Crippen LogP contribution in [0, 0.1) is 11.3 Å². The molecule has 0 bridgehead atoms. The largest absolute Gasteiger partial charge is 0.389 e. The average Bonchev–Trinajstić information content (AvgIpc) is 2.72. The van der Waals surface area contributed by atoms with Crippen molar-refractivity contribution in [2.45, 2.75) is 18.7 Å². The maximum absolute atomic E-state index is 9.53. The van der Waals surface area contributed by atoms with Crippen LogP contribution in [0.2, 0.25) is 0 Å². The van der Waals surface area contributed by atoms with Gasteiger partial charge in [-0.1, -0.05) is 12.1 Å². The van der Waals surface area contributed by atoms with Crippen LogP contribution < -0.4 is 5.32 Å². The fourth-order valence-corrected chi connectivity index (χ4v) is 1.74. The molecule has 1 fully saturated rings. The van der Waals surface area contributed by atoms with Crippen LogP contribution in [-0.4, -0.2) is 30.5 Å². The van der Waals surface area contributed by atoms with Gasteiger partial charge in [0.25, 0.3) is 0 Å². The predicted octanol–water partition coefficient (Wildman–Crippen LogP) is 0.408. The zero-order valence-electron chi connectivity index (χ0n) is 8.89. The van der Waals surface area contributed by atoms with Gasteiger partial charge in [0.15, 0.2) is 0 Å². The normalized spacial score (nSPS) is 24.2. The van der Waals surface area contributed by atoms with Gasteiger partial charge in [0.1, 0.15) is 0 Å². The molecular formula is C12H14N2O2. The molecule has 1 aromatic carbocycles. The van der Waals surface area contributed by atoms with Gasteiger partial charge >= 0.3 is 0 Å². The molecule has 1 aliphatic heterocycles. The second-order valence-corrected chi connectivity index (χ2v) is 3.90. The third-order valence-corrected chi connectivity index (χ3v) is 2.67. The van der Waals surface area contributed by atoms with E-state index in [-0.39, 0.29) is 6.04 Å². The van der Waals surface area contributed by atoms with Crippen LogP contribution in [0.25, 0.3) is 0 Å². The van der Waals surface area contributed by atoms with E-state index >= 15 is 0 Å². The van der Waals surface area contributed by atoms with E-state index in [1.54, 1.807) is 6.07 Å². The van der Waals surface area contributed by atoms with Crippen molar-refractivity contribution >= 4 is 0 Å². The highest BCUT2D eigenvalue weighted by Crippen LogP contribution is 2.08. The standard InChI is InChI=1S/C12H14N2O2/c13-5-9-2-1-3-10(4-9)6-14-11-7-16-8-12(11)15/h1-4,11-12,14-15H,6-8H2. The van der Waals surface area contributed by atoms with Crippen molar-refractivity contribution in [1.82, 2.24) is 5.32 Å². The van der Waals surface area contributed by atoms with E-state index in [2.05, 4.69) is 11.4 Å². The molecule has 2 atom stereocenters. The highest BCUT2D eigenvalue weighted by Gasteiger charge is 2.25. The zero-order chi connectivity index (χ0) is 11.4. The molecule has 4 heteroatoms. The van der Waals surface area contributed by atoms with E-state index in [4.69, 9.17) is 10.00 Å². The molecule has 1 heterocycles. The van der Waals surface area contributed by atoms with E-state index in [1.807, 2.05) is 18.2 Å². The number of aliphatic hydroxyl groups is 1. The first-order valence-electron chi connectivity index (χ1n) is 5.28. The van der Waals surface area contributed by atoms with Crippen molar-refractivity contribution < 1.29 is 9.84 Å².